The van der Waals surface area contributed by atoms with E-state index >= 15 is 0 Å². The largest absolute Gasteiger partial charge is 0.489 e. The molecule has 0 aromatic heterocycles. The monoisotopic (exact) mass is 320 g/mol. The van der Waals surface area contributed by atoms with Crippen LogP contribution in [-0.2, 0) is 13.0 Å². The lowest BCUT2D eigenvalue weighted by atomic mass is 9.63. The van der Waals surface area contributed by atoms with Gasteiger partial charge < -0.3 is 4.74 Å². The van der Waals surface area contributed by atoms with Gasteiger partial charge in [0, 0.05) is 11.0 Å². The van der Waals surface area contributed by atoms with E-state index in [0.717, 1.165) is 42.6 Å². The molecule has 2 aliphatic rings. The molecule has 1 saturated carbocycles. The third-order valence-corrected chi connectivity index (χ3v) is 5.73. The molecule has 0 N–H and O–H groups in total. The Hall–Kier alpha value is -2.09. The fraction of sp³-hybridized carbons (Fsp3) is 0.409. The van der Waals surface area contributed by atoms with Crippen LogP contribution < -0.4 is 4.74 Å². The lowest BCUT2D eigenvalue weighted by Crippen LogP contribution is -2.37. The second kappa shape index (κ2) is 6.43. The van der Waals surface area contributed by atoms with Crippen LogP contribution in [0.4, 0.5) is 0 Å². The third kappa shape index (κ3) is 2.86. The summed E-state index contributed by atoms with van der Waals surface area (Å²) in [5, 5.41) is 0. The van der Waals surface area contributed by atoms with Crippen molar-refractivity contribution >= 4 is 5.78 Å². The zero-order valence-corrected chi connectivity index (χ0v) is 14.1. The average Bonchev–Trinajstić information content (AvgIpc) is 2.65. The highest BCUT2D eigenvalue weighted by Gasteiger charge is 2.42. The summed E-state index contributed by atoms with van der Waals surface area (Å²) in [5.74, 6) is 1.25. The quantitative estimate of drug-likeness (QED) is 0.762. The summed E-state index contributed by atoms with van der Waals surface area (Å²) in [6.07, 6.45) is 7.88. The third-order valence-electron chi connectivity index (χ3n) is 5.73. The molecule has 1 spiro atoms. The summed E-state index contributed by atoms with van der Waals surface area (Å²) in [4.78, 5) is 13.0. The Kier molecular flexibility index (Phi) is 4.13. The minimum Gasteiger partial charge on any atom is -0.489 e. The highest BCUT2D eigenvalue weighted by atomic mass is 16.5. The van der Waals surface area contributed by atoms with Gasteiger partial charge in [0.1, 0.15) is 12.4 Å². The number of ketones is 1. The first-order chi connectivity index (χ1) is 11.8. The second-order valence-corrected chi connectivity index (χ2v) is 7.26. The Morgan fingerprint density at radius 1 is 0.917 bits per heavy atom. The minimum absolute atomic E-state index is 0.0579. The molecule has 2 heteroatoms. The van der Waals surface area contributed by atoms with Gasteiger partial charge in [-0.1, -0.05) is 49.6 Å². The Morgan fingerprint density at radius 3 is 2.50 bits per heavy atom. The molecule has 0 aliphatic heterocycles. The van der Waals surface area contributed by atoms with E-state index in [1.54, 1.807) is 0 Å². The number of carbonyl (C=O) groups excluding carboxylic acids is 1. The topological polar surface area (TPSA) is 26.3 Å². The normalized spacial score (nSPS) is 19.1. The van der Waals surface area contributed by atoms with Gasteiger partial charge in [0.25, 0.3) is 0 Å². The van der Waals surface area contributed by atoms with Crippen molar-refractivity contribution in [1.82, 2.24) is 0 Å². The van der Waals surface area contributed by atoms with Crippen molar-refractivity contribution in [3.63, 3.8) is 0 Å². The summed E-state index contributed by atoms with van der Waals surface area (Å²) in [7, 11) is 0. The number of hydrogen-bond acceptors (Lipinski definition) is 2. The molecule has 0 unspecified atom stereocenters. The number of carbonyl (C=O) groups is 1. The van der Waals surface area contributed by atoms with Crippen molar-refractivity contribution in [3.05, 3.63) is 65.2 Å². The molecule has 0 heterocycles. The zero-order chi connectivity index (χ0) is 16.4. The van der Waals surface area contributed by atoms with Gasteiger partial charge in [-0.3, -0.25) is 4.79 Å². The molecule has 0 saturated heterocycles. The Morgan fingerprint density at radius 2 is 1.71 bits per heavy atom. The fourth-order valence-corrected chi connectivity index (χ4v) is 4.31. The fourth-order valence-electron chi connectivity index (χ4n) is 4.31. The summed E-state index contributed by atoms with van der Waals surface area (Å²) in [6, 6.07) is 16.2. The molecular formula is C22H24O2. The molecule has 4 rings (SSSR count). The Bertz CT molecular complexity index is 727. The van der Waals surface area contributed by atoms with Gasteiger partial charge in [-0.2, -0.15) is 0 Å². The second-order valence-electron chi connectivity index (χ2n) is 7.26. The number of aryl methyl sites for hydroxylation is 1. The van der Waals surface area contributed by atoms with Gasteiger partial charge >= 0.3 is 0 Å². The van der Waals surface area contributed by atoms with E-state index in [2.05, 4.69) is 18.2 Å². The summed E-state index contributed by atoms with van der Waals surface area (Å²) < 4.78 is 5.92. The number of fused-ring (bicyclic) bond motifs is 1. The van der Waals surface area contributed by atoms with Crippen LogP contribution in [0.15, 0.2) is 48.5 Å². The van der Waals surface area contributed by atoms with E-state index < -0.39 is 0 Å². The van der Waals surface area contributed by atoms with Crippen molar-refractivity contribution < 1.29 is 9.53 Å². The minimum atomic E-state index is -0.0579. The lowest BCUT2D eigenvalue weighted by molar-refractivity contribution is 0.0668. The van der Waals surface area contributed by atoms with E-state index in [0.29, 0.717) is 12.4 Å². The predicted octanol–water partition coefficient (Wildman–Crippen LogP) is 5.35. The first-order valence-corrected chi connectivity index (χ1v) is 9.11. The maximum atomic E-state index is 13.0. The standard InChI is InChI=1S/C22H24O2/c23-21-20-10-9-19(24-16-17-7-3-1-4-8-17)15-18(20)11-14-22(21)12-5-2-6-13-22/h1,3-4,7-10,15H,2,5-6,11-14,16H2. The molecule has 2 aromatic rings. The molecule has 0 atom stereocenters. The Labute approximate surface area is 143 Å². The van der Waals surface area contributed by atoms with Crippen LogP contribution in [0.1, 0.15) is 60.0 Å². The van der Waals surface area contributed by atoms with Crippen molar-refractivity contribution in [2.75, 3.05) is 0 Å². The van der Waals surface area contributed by atoms with Gasteiger partial charge in [-0.25, -0.2) is 0 Å². The van der Waals surface area contributed by atoms with Gasteiger partial charge in [-0.15, -0.1) is 0 Å². The molecule has 2 nitrogen and oxygen atoms in total. The maximum absolute atomic E-state index is 13.0. The average molecular weight is 320 g/mol. The van der Waals surface area contributed by atoms with Gasteiger partial charge in [0.15, 0.2) is 5.78 Å². The SMILES string of the molecule is O=C1c2ccc(OCc3ccccc3)cc2CCC12CCCCC2. The summed E-state index contributed by atoms with van der Waals surface area (Å²) in [6.45, 7) is 0.567. The van der Waals surface area contributed by atoms with Crippen molar-refractivity contribution in [1.29, 1.82) is 0 Å². The number of rotatable bonds is 3. The highest BCUT2D eigenvalue weighted by molar-refractivity contribution is 6.03. The van der Waals surface area contributed by atoms with Crippen molar-refractivity contribution in [2.24, 2.45) is 5.41 Å². The number of hydrogen-bond donors (Lipinski definition) is 0. The van der Waals surface area contributed by atoms with Crippen molar-refractivity contribution in [2.45, 2.75) is 51.6 Å². The van der Waals surface area contributed by atoms with E-state index in [1.165, 1.54) is 24.8 Å². The van der Waals surface area contributed by atoms with Crippen LogP contribution in [0.2, 0.25) is 0 Å². The van der Waals surface area contributed by atoms with E-state index in [1.807, 2.05) is 30.3 Å². The molecular weight excluding hydrogens is 296 g/mol. The van der Waals surface area contributed by atoms with Crippen LogP contribution in [0.5, 0.6) is 5.75 Å². The van der Waals surface area contributed by atoms with Crippen molar-refractivity contribution in [3.8, 4) is 5.75 Å². The van der Waals surface area contributed by atoms with Gasteiger partial charge in [-0.05, 0) is 55.0 Å². The van der Waals surface area contributed by atoms with Crippen LogP contribution in [0.3, 0.4) is 0 Å². The molecule has 0 bridgehead atoms. The van der Waals surface area contributed by atoms with E-state index in [-0.39, 0.29) is 5.41 Å². The summed E-state index contributed by atoms with van der Waals surface area (Å²) >= 11 is 0. The van der Waals surface area contributed by atoms with Gasteiger partial charge in [0.05, 0.1) is 0 Å². The van der Waals surface area contributed by atoms with Crippen LogP contribution >= 0.6 is 0 Å². The zero-order valence-electron chi connectivity index (χ0n) is 14.1. The molecule has 2 aromatic carbocycles. The molecule has 2 aliphatic carbocycles. The van der Waals surface area contributed by atoms with Crippen LogP contribution in [0.25, 0.3) is 0 Å². The van der Waals surface area contributed by atoms with Gasteiger partial charge in [0.2, 0.25) is 0 Å². The first kappa shape index (κ1) is 15.4. The molecule has 124 valence electrons. The lowest BCUT2D eigenvalue weighted by Gasteiger charge is -2.39. The van der Waals surface area contributed by atoms with Crippen LogP contribution in [0, 0.1) is 5.41 Å². The Balaban J connectivity index is 1.51. The van der Waals surface area contributed by atoms with Crippen LogP contribution in [-0.4, -0.2) is 5.78 Å². The number of benzene rings is 2. The first-order valence-electron chi connectivity index (χ1n) is 9.11. The number of ether oxygens (including phenoxy) is 1. The van der Waals surface area contributed by atoms with E-state index in [9.17, 15) is 4.79 Å². The molecule has 0 radical (unpaired) electrons. The highest BCUT2D eigenvalue weighted by Crippen LogP contribution is 2.46. The molecule has 0 amide bonds. The number of Topliss-reactive ketones (excluding diaryl/α,β-unsaturated/α-hetero) is 1. The predicted molar refractivity (Wildman–Crippen MR) is 95.4 cm³/mol. The maximum Gasteiger partial charge on any atom is 0.169 e. The van der Waals surface area contributed by atoms with E-state index in [4.69, 9.17) is 4.74 Å². The molecule has 1 fully saturated rings. The molecule has 24 heavy (non-hydrogen) atoms. The smallest absolute Gasteiger partial charge is 0.169 e. The summed E-state index contributed by atoms with van der Waals surface area (Å²) in [5.41, 5.74) is 3.21.